The van der Waals surface area contributed by atoms with Crippen LogP contribution in [0.1, 0.15) is 6.42 Å². The Kier molecular flexibility index (Phi) is 3.56. The van der Waals surface area contributed by atoms with Crippen molar-refractivity contribution in [1.82, 2.24) is 0 Å². The van der Waals surface area contributed by atoms with Gasteiger partial charge in [0.25, 0.3) is 0 Å². The molecule has 1 saturated heterocycles. The van der Waals surface area contributed by atoms with E-state index in [-0.39, 0.29) is 18.9 Å². The summed E-state index contributed by atoms with van der Waals surface area (Å²) in [5.74, 6) is -1.14. The smallest absolute Gasteiger partial charge is 0.308 e. The van der Waals surface area contributed by atoms with Gasteiger partial charge in [-0.25, -0.2) is 0 Å². The summed E-state index contributed by atoms with van der Waals surface area (Å²) in [5.41, 5.74) is 0.642. The lowest BCUT2D eigenvalue weighted by atomic mass is 10.1. The van der Waals surface area contributed by atoms with Gasteiger partial charge in [0.15, 0.2) is 0 Å². The topological polar surface area (TPSA) is 66.8 Å². The first-order chi connectivity index (χ1) is 8.52. The second-order valence-electron chi connectivity index (χ2n) is 4.06. The summed E-state index contributed by atoms with van der Waals surface area (Å²) in [6, 6.07) is 5.25. The maximum absolute atomic E-state index is 11.8. The average Bonchev–Trinajstić information content (AvgIpc) is 2.72. The zero-order valence-corrected chi connectivity index (χ0v) is 11.3. The fraction of sp³-hybridized carbons (Fsp3) is 0.333. The van der Waals surface area contributed by atoms with Crippen LogP contribution in [0.15, 0.2) is 22.7 Å². The van der Waals surface area contributed by atoms with Crippen molar-refractivity contribution in [3.05, 3.63) is 22.7 Å². The second kappa shape index (κ2) is 4.97. The van der Waals surface area contributed by atoms with Gasteiger partial charge in [-0.05, 0) is 28.1 Å². The number of nitrogens with zero attached hydrogens (tertiary/aromatic N) is 1. The number of benzene rings is 1. The maximum atomic E-state index is 11.8. The van der Waals surface area contributed by atoms with Crippen LogP contribution >= 0.6 is 15.9 Å². The van der Waals surface area contributed by atoms with Crippen LogP contribution < -0.4 is 9.64 Å². The number of carboxylic acid groups (broad SMARTS) is 1. The molecular formula is C12H12BrNO4. The van der Waals surface area contributed by atoms with Gasteiger partial charge in [0.1, 0.15) is 5.75 Å². The molecule has 1 aromatic rings. The van der Waals surface area contributed by atoms with E-state index in [2.05, 4.69) is 15.9 Å². The Balaban J connectivity index is 2.32. The third-order valence-electron chi connectivity index (χ3n) is 2.92. The van der Waals surface area contributed by atoms with E-state index in [1.165, 1.54) is 4.90 Å². The minimum atomic E-state index is -0.940. The third kappa shape index (κ3) is 2.33. The van der Waals surface area contributed by atoms with Crippen molar-refractivity contribution in [3.63, 3.8) is 0 Å². The number of methoxy groups -OCH3 is 1. The van der Waals surface area contributed by atoms with Gasteiger partial charge < -0.3 is 14.7 Å². The van der Waals surface area contributed by atoms with Crippen LogP contribution in [0.5, 0.6) is 5.75 Å². The first-order valence-corrected chi connectivity index (χ1v) is 6.19. The van der Waals surface area contributed by atoms with Crippen LogP contribution in [0.2, 0.25) is 0 Å². The zero-order valence-electron chi connectivity index (χ0n) is 9.72. The van der Waals surface area contributed by atoms with Crippen molar-refractivity contribution < 1.29 is 19.4 Å². The maximum Gasteiger partial charge on any atom is 0.308 e. The number of hydrogen-bond acceptors (Lipinski definition) is 3. The summed E-state index contributed by atoms with van der Waals surface area (Å²) in [5, 5.41) is 8.95. The van der Waals surface area contributed by atoms with E-state index in [9.17, 15) is 9.59 Å². The van der Waals surface area contributed by atoms with Crippen molar-refractivity contribution in [3.8, 4) is 5.75 Å². The highest BCUT2D eigenvalue weighted by molar-refractivity contribution is 9.10. The molecule has 18 heavy (non-hydrogen) atoms. The number of carbonyl (C=O) groups excluding carboxylic acids is 1. The predicted octanol–water partition coefficient (Wildman–Crippen LogP) is 1.90. The predicted molar refractivity (Wildman–Crippen MR) is 68.8 cm³/mol. The van der Waals surface area contributed by atoms with Gasteiger partial charge in [-0.1, -0.05) is 0 Å². The van der Waals surface area contributed by atoms with E-state index in [4.69, 9.17) is 9.84 Å². The molecule has 0 radical (unpaired) electrons. The Morgan fingerprint density at radius 2 is 2.28 bits per heavy atom. The van der Waals surface area contributed by atoms with Crippen LogP contribution in [0.4, 0.5) is 5.69 Å². The molecule has 1 aliphatic heterocycles. The molecule has 6 heteroatoms. The Labute approximate surface area is 112 Å². The number of halogens is 1. The van der Waals surface area contributed by atoms with E-state index < -0.39 is 11.9 Å². The summed E-state index contributed by atoms with van der Waals surface area (Å²) >= 11 is 3.36. The monoisotopic (exact) mass is 313 g/mol. The Hall–Kier alpha value is -1.56. The number of carboxylic acids is 1. The van der Waals surface area contributed by atoms with Crippen molar-refractivity contribution >= 4 is 33.5 Å². The van der Waals surface area contributed by atoms with E-state index in [1.807, 2.05) is 0 Å². The number of rotatable bonds is 3. The molecule has 0 aliphatic carbocycles. The number of hydrogen-bond donors (Lipinski definition) is 1. The third-order valence-corrected chi connectivity index (χ3v) is 3.59. The van der Waals surface area contributed by atoms with Gasteiger partial charge in [-0.15, -0.1) is 0 Å². The molecule has 2 rings (SSSR count). The molecular weight excluding hydrogens is 302 g/mol. The fourth-order valence-corrected chi connectivity index (χ4v) is 2.39. The van der Waals surface area contributed by atoms with E-state index in [0.717, 1.165) is 4.47 Å². The van der Waals surface area contributed by atoms with Gasteiger partial charge in [0.2, 0.25) is 5.91 Å². The standard InChI is InChI=1S/C12H12BrNO4/c1-18-8-2-3-9(13)10(5-8)14-6-7(12(16)17)4-11(14)15/h2-3,5,7H,4,6H2,1H3,(H,16,17). The van der Waals surface area contributed by atoms with Gasteiger partial charge >= 0.3 is 5.97 Å². The van der Waals surface area contributed by atoms with Crippen LogP contribution in [0, 0.1) is 5.92 Å². The highest BCUT2D eigenvalue weighted by atomic mass is 79.9. The van der Waals surface area contributed by atoms with Crippen molar-refractivity contribution in [2.45, 2.75) is 6.42 Å². The SMILES string of the molecule is COc1ccc(Br)c(N2CC(C(=O)O)CC2=O)c1. The molecule has 1 heterocycles. The lowest BCUT2D eigenvalue weighted by Gasteiger charge is -2.18. The Morgan fingerprint density at radius 1 is 1.56 bits per heavy atom. The summed E-state index contributed by atoms with van der Waals surface area (Å²) in [4.78, 5) is 24.2. The molecule has 0 aromatic heterocycles. The summed E-state index contributed by atoms with van der Waals surface area (Å²) < 4.78 is 5.84. The van der Waals surface area contributed by atoms with Crippen LogP contribution in [-0.2, 0) is 9.59 Å². The Bertz CT molecular complexity index is 503. The van der Waals surface area contributed by atoms with Crippen molar-refractivity contribution in [2.75, 3.05) is 18.6 Å². The average molecular weight is 314 g/mol. The van der Waals surface area contributed by atoms with E-state index in [1.54, 1.807) is 25.3 Å². The molecule has 0 saturated carbocycles. The van der Waals surface area contributed by atoms with Crippen LogP contribution in [0.25, 0.3) is 0 Å². The number of carbonyl (C=O) groups is 2. The lowest BCUT2D eigenvalue weighted by molar-refractivity contribution is -0.141. The first-order valence-electron chi connectivity index (χ1n) is 5.39. The molecule has 1 amide bonds. The highest BCUT2D eigenvalue weighted by Gasteiger charge is 2.35. The summed E-state index contributed by atoms with van der Waals surface area (Å²) in [7, 11) is 1.54. The zero-order chi connectivity index (χ0) is 13.3. The molecule has 5 nitrogen and oxygen atoms in total. The van der Waals surface area contributed by atoms with Crippen LogP contribution in [-0.4, -0.2) is 30.6 Å². The molecule has 0 spiro atoms. The largest absolute Gasteiger partial charge is 0.497 e. The van der Waals surface area contributed by atoms with Crippen molar-refractivity contribution in [1.29, 1.82) is 0 Å². The van der Waals surface area contributed by atoms with Crippen molar-refractivity contribution in [2.24, 2.45) is 5.92 Å². The van der Waals surface area contributed by atoms with Crippen LogP contribution in [0.3, 0.4) is 0 Å². The minimum absolute atomic E-state index is 0.0407. The van der Waals surface area contributed by atoms with Gasteiger partial charge in [0, 0.05) is 23.5 Å². The van der Waals surface area contributed by atoms with E-state index in [0.29, 0.717) is 11.4 Å². The van der Waals surface area contributed by atoms with Gasteiger partial charge in [-0.2, -0.15) is 0 Å². The molecule has 1 unspecified atom stereocenters. The lowest BCUT2D eigenvalue weighted by Crippen LogP contribution is -2.26. The number of amides is 1. The number of anilines is 1. The Morgan fingerprint density at radius 3 is 2.83 bits per heavy atom. The number of aliphatic carboxylic acids is 1. The minimum Gasteiger partial charge on any atom is -0.497 e. The molecule has 1 aromatic carbocycles. The highest BCUT2D eigenvalue weighted by Crippen LogP contribution is 2.34. The fourth-order valence-electron chi connectivity index (χ4n) is 1.93. The molecule has 96 valence electrons. The molecule has 1 N–H and O–H groups in total. The quantitative estimate of drug-likeness (QED) is 0.925. The first kappa shape index (κ1) is 12.9. The normalized spacial score (nSPS) is 19.1. The summed E-state index contributed by atoms with van der Waals surface area (Å²) in [6.45, 7) is 0.194. The van der Waals surface area contributed by atoms with Gasteiger partial charge in [-0.3, -0.25) is 9.59 Å². The van der Waals surface area contributed by atoms with Gasteiger partial charge in [0.05, 0.1) is 18.7 Å². The number of ether oxygens (including phenoxy) is 1. The molecule has 1 atom stereocenters. The van der Waals surface area contributed by atoms with E-state index >= 15 is 0 Å². The molecule has 0 bridgehead atoms. The molecule has 1 aliphatic rings. The summed E-state index contributed by atoms with van der Waals surface area (Å²) in [6.07, 6.45) is 0.0407. The molecule has 1 fully saturated rings. The second-order valence-corrected chi connectivity index (χ2v) is 4.92.